The first kappa shape index (κ1) is 10.2. The lowest BCUT2D eigenvalue weighted by Crippen LogP contribution is -2.28. The smallest absolute Gasteiger partial charge is 0.0831 e. The highest BCUT2D eigenvalue weighted by Crippen LogP contribution is 2.42. The van der Waals surface area contributed by atoms with Gasteiger partial charge in [0.2, 0.25) is 0 Å². The van der Waals surface area contributed by atoms with Crippen LogP contribution in [0.1, 0.15) is 24.8 Å². The summed E-state index contributed by atoms with van der Waals surface area (Å²) < 4.78 is 0. The zero-order valence-electron chi connectivity index (χ0n) is 9.23. The Morgan fingerprint density at radius 2 is 2.31 bits per heavy atom. The predicted molar refractivity (Wildman–Crippen MR) is 67.2 cm³/mol. The van der Waals surface area contributed by atoms with Crippen molar-refractivity contribution in [3.8, 4) is 0 Å². The van der Waals surface area contributed by atoms with E-state index in [4.69, 9.17) is 11.6 Å². The maximum atomic E-state index is 6.05. The summed E-state index contributed by atoms with van der Waals surface area (Å²) in [4.78, 5) is 4.51. The molecule has 0 bridgehead atoms. The number of fused-ring (bicyclic) bond motifs is 1. The van der Waals surface area contributed by atoms with Gasteiger partial charge in [0.05, 0.1) is 18.4 Å². The lowest BCUT2D eigenvalue weighted by molar-refractivity contribution is 0.476. The highest BCUT2D eigenvalue weighted by atomic mass is 35.5. The molecule has 0 saturated heterocycles. The van der Waals surface area contributed by atoms with E-state index in [1.807, 2.05) is 18.5 Å². The molecule has 4 atom stereocenters. The van der Waals surface area contributed by atoms with Crippen molar-refractivity contribution < 1.29 is 0 Å². The summed E-state index contributed by atoms with van der Waals surface area (Å²) in [6.07, 6.45) is 3.02. The van der Waals surface area contributed by atoms with Gasteiger partial charge in [0.1, 0.15) is 0 Å². The van der Waals surface area contributed by atoms with Gasteiger partial charge in [0.25, 0.3) is 0 Å². The molecule has 1 heterocycles. The standard InChI is InChI=1S/C13H15ClN2/c1-8-11(6-12-13(8)16-7-15-12)9-3-2-4-10(14)5-9/h2-5,7-8,11-13H,6H2,1H3,(H,15,16)/t8-,11-,12?,13?/m0/s1. The first-order valence-corrected chi connectivity index (χ1v) is 6.16. The number of benzene rings is 1. The minimum absolute atomic E-state index is 0.448. The van der Waals surface area contributed by atoms with E-state index >= 15 is 0 Å². The van der Waals surface area contributed by atoms with Gasteiger partial charge in [-0.05, 0) is 36.0 Å². The normalized spacial score (nSPS) is 36.1. The molecule has 0 amide bonds. The average Bonchev–Trinajstić information content (AvgIpc) is 2.82. The fraction of sp³-hybridized carbons (Fsp3) is 0.462. The molecule has 1 aliphatic heterocycles. The third-order valence-corrected chi connectivity index (χ3v) is 4.14. The van der Waals surface area contributed by atoms with E-state index in [0.29, 0.717) is 23.9 Å². The van der Waals surface area contributed by atoms with Gasteiger partial charge in [0.15, 0.2) is 0 Å². The van der Waals surface area contributed by atoms with Crippen molar-refractivity contribution in [2.24, 2.45) is 10.9 Å². The highest BCUT2D eigenvalue weighted by Gasteiger charge is 2.42. The largest absolute Gasteiger partial charge is 0.372 e. The van der Waals surface area contributed by atoms with Crippen LogP contribution >= 0.6 is 11.6 Å². The molecule has 0 radical (unpaired) electrons. The Balaban J connectivity index is 1.89. The average molecular weight is 235 g/mol. The van der Waals surface area contributed by atoms with Crippen LogP contribution < -0.4 is 5.32 Å². The second kappa shape index (κ2) is 3.77. The maximum absolute atomic E-state index is 6.05. The summed E-state index contributed by atoms with van der Waals surface area (Å²) in [6, 6.07) is 9.21. The van der Waals surface area contributed by atoms with Crippen LogP contribution in [0.15, 0.2) is 29.3 Å². The molecular formula is C13H15ClN2. The van der Waals surface area contributed by atoms with Crippen molar-refractivity contribution in [2.45, 2.75) is 31.3 Å². The Hall–Kier alpha value is -1.02. The Kier molecular flexibility index (Phi) is 2.40. The van der Waals surface area contributed by atoms with Crippen molar-refractivity contribution in [1.29, 1.82) is 0 Å². The minimum atomic E-state index is 0.448. The molecule has 2 nitrogen and oxygen atoms in total. The number of nitrogens with one attached hydrogen (secondary N) is 1. The first-order valence-electron chi connectivity index (χ1n) is 5.79. The first-order chi connectivity index (χ1) is 7.75. The van der Waals surface area contributed by atoms with Gasteiger partial charge >= 0.3 is 0 Å². The Morgan fingerprint density at radius 3 is 3.06 bits per heavy atom. The number of halogens is 1. The molecule has 3 rings (SSSR count). The van der Waals surface area contributed by atoms with E-state index in [1.165, 1.54) is 5.56 Å². The van der Waals surface area contributed by atoms with Crippen molar-refractivity contribution in [2.75, 3.05) is 0 Å². The Morgan fingerprint density at radius 1 is 1.44 bits per heavy atom. The van der Waals surface area contributed by atoms with Crippen LogP contribution in [0.2, 0.25) is 5.02 Å². The quantitative estimate of drug-likeness (QED) is 0.794. The lowest BCUT2D eigenvalue weighted by Gasteiger charge is -2.17. The van der Waals surface area contributed by atoms with E-state index in [2.05, 4.69) is 29.4 Å². The number of rotatable bonds is 1. The summed E-state index contributed by atoms with van der Waals surface area (Å²) in [6.45, 7) is 2.29. The van der Waals surface area contributed by atoms with Gasteiger partial charge in [-0.25, -0.2) is 0 Å². The third kappa shape index (κ3) is 1.52. The Labute approximate surface area is 101 Å². The number of hydrogen-bond donors (Lipinski definition) is 1. The maximum Gasteiger partial charge on any atom is 0.0831 e. The van der Waals surface area contributed by atoms with Crippen LogP contribution in [0.25, 0.3) is 0 Å². The van der Waals surface area contributed by atoms with Crippen molar-refractivity contribution in [3.05, 3.63) is 34.9 Å². The molecule has 1 aliphatic carbocycles. The molecule has 2 aliphatic rings. The molecule has 84 valence electrons. The molecular weight excluding hydrogens is 220 g/mol. The molecule has 2 unspecified atom stereocenters. The molecule has 0 aromatic heterocycles. The molecule has 1 fully saturated rings. The monoisotopic (exact) mass is 234 g/mol. The van der Waals surface area contributed by atoms with Gasteiger partial charge in [-0.1, -0.05) is 30.7 Å². The van der Waals surface area contributed by atoms with Gasteiger partial charge in [-0.2, -0.15) is 0 Å². The number of aliphatic imine (C=N–C) groups is 1. The molecule has 0 spiro atoms. The van der Waals surface area contributed by atoms with Crippen LogP contribution in [0.5, 0.6) is 0 Å². The van der Waals surface area contributed by atoms with Crippen molar-refractivity contribution in [3.63, 3.8) is 0 Å². The highest BCUT2D eigenvalue weighted by molar-refractivity contribution is 6.30. The van der Waals surface area contributed by atoms with Gasteiger partial charge in [-0.3, -0.25) is 4.99 Å². The van der Waals surface area contributed by atoms with E-state index < -0.39 is 0 Å². The SMILES string of the molecule is C[C@@H]1C2N=CNC2C[C@@H]1c1cccc(Cl)c1. The van der Waals surface area contributed by atoms with E-state index in [1.54, 1.807) is 0 Å². The predicted octanol–water partition coefficient (Wildman–Crippen LogP) is 2.83. The third-order valence-electron chi connectivity index (χ3n) is 3.91. The second-order valence-corrected chi connectivity index (χ2v) is 5.23. The van der Waals surface area contributed by atoms with Crippen LogP contribution in [0, 0.1) is 5.92 Å². The molecule has 1 saturated carbocycles. The zero-order chi connectivity index (χ0) is 11.1. The van der Waals surface area contributed by atoms with E-state index in [9.17, 15) is 0 Å². The number of hydrogen-bond acceptors (Lipinski definition) is 2. The van der Waals surface area contributed by atoms with E-state index in [-0.39, 0.29) is 0 Å². The van der Waals surface area contributed by atoms with Crippen molar-refractivity contribution >= 4 is 17.9 Å². The molecule has 1 N–H and O–H groups in total. The van der Waals surface area contributed by atoms with Crippen LogP contribution in [0.4, 0.5) is 0 Å². The zero-order valence-corrected chi connectivity index (χ0v) is 9.98. The Bertz CT molecular complexity index is 430. The summed E-state index contributed by atoms with van der Waals surface area (Å²) in [7, 11) is 0. The molecule has 16 heavy (non-hydrogen) atoms. The van der Waals surface area contributed by atoms with Crippen LogP contribution in [-0.2, 0) is 0 Å². The topological polar surface area (TPSA) is 24.4 Å². The van der Waals surface area contributed by atoms with Gasteiger partial charge in [-0.15, -0.1) is 0 Å². The minimum Gasteiger partial charge on any atom is -0.372 e. The fourth-order valence-electron chi connectivity index (χ4n) is 3.04. The summed E-state index contributed by atoms with van der Waals surface area (Å²) in [5, 5.41) is 4.17. The van der Waals surface area contributed by atoms with Crippen LogP contribution in [0.3, 0.4) is 0 Å². The molecule has 1 aromatic rings. The van der Waals surface area contributed by atoms with Gasteiger partial charge in [0, 0.05) is 5.02 Å². The summed E-state index contributed by atoms with van der Waals surface area (Å²) in [5.74, 6) is 1.17. The second-order valence-electron chi connectivity index (χ2n) is 4.80. The molecule has 1 aromatic carbocycles. The van der Waals surface area contributed by atoms with E-state index in [0.717, 1.165) is 11.4 Å². The summed E-state index contributed by atoms with van der Waals surface area (Å²) in [5.41, 5.74) is 1.35. The summed E-state index contributed by atoms with van der Waals surface area (Å²) >= 11 is 6.05. The lowest BCUT2D eigenvalue weighted by atomic mass is 9.89. The van der Waals surface area contributed by atoms with Crippen molar-refractivity contribution in [1.82, 2.24) is 5.32 Å². The van der Waals surface area contributed by atoms with Gasteiger partial charge < -0.3 is 5.32 Å². The molecule has 3 heteroatoms. The fourth-order valence-corrected chi connectivity index (χ4v) is 3.24. The number of nitrogens with zero attached hydrogens (tertiary/aromatic N) is 1. The van der Waals surface area contributed by atoms with Crippen LogP contribution in [-0.4, -0.2) is 18.4 Å².